The summed E-state index contributed by atoms with van der Waals surface area (Å²) in [6.07, 6.45) is 8.70. The third-order valence-electron chi connectivity index (χ3n) is 6.18. The average molecular weight is 486 g/mol. The Morgan fingerprint density at radius 3 is 2.94 bits per heavy atom. The number of carbonyl (C=O) groups excluding carboxylic acids is 1. The zero-order valence-electron chi connectivity index (χ0n) is 19.1. The van der Waals surface area contributed by atoms with E-state index in [1.165, 1.54) is 18.0 Å². The number of allylic oxidation sites excluding steroid dienone is 1. The Bertz CT molecular complexity index is 1510. The molecule has 0 atom stereocenters. The van der Waals surface area contributed by atoms with Gasteiger partial charge in [-0.3, -0.25) is 14.2 Å². The van der Waals surface area contributed by atoms with Crippen LogP contribution in [0.4, 0.5) is 5.69 Å². The van der Waals surface area contributed by atoms with E-state index in [-0.39, 0.29) is 11.8 Å². The van der Waals surface area contributed by atoms with Gasteiger partial charge in [-0.2, -0.15) is 0 Å². The van der Waals surface area contributed by atoms with Gasteiger partial charge in [0.2, 0.25) is 5.91 Å². The van der Waals surface area contributed by atoms with E-state index >= 15 is 0 Å². The fraction of sp³-hybridized carbons (Fsp3) is 0.240. The van der Waals surface area contributed by atoms with E-state index in [0.717, 1.165) is 51.1 Å². The summed E-state index contributed by atoms with van der Waals surface area (Å²) < 4.78 is 7.96. The number of hydrogen-bond donors (Lipinski definition) is 2. The van der Waals surface area contributed by atoms with Gasteiger partial charge in [-0.25, -0.2) is 0 Å². The molecule has 0 bridgehead atoms. The first-order valence-electron chi connectivity index (χ1n) is 11.4. The van der Waals surface area contributed by atoms with Crippen molar-refractivity contribution in [3.8, 4) is 5.75 Å². The Hall–Kier alpha value is -3.92. The van der Waals surface area contributed by atoms with Crippen LogP contribution in [-0.2, 0) is 4.79 Å². The highest BCUT2D eigenvalue weighted by atomic mass is 32.2. The maximum Gasteiger partial charge on any atom is 0.230 e. The van der Waals surface area contributed by atoms with Crippen LogP contribution in [-0.4, -0.2) is 51.9 Å². The smallest absolute Gasteiger partial charge is 0.230 e. The fourth-order valence-electron chi connectivity index (χ4n) is 4.26. The molecule has 1 saturated carbocycles. The first-order chi connectivity index (χ1) is 17.2. The van der Waals surface area contributed by atoms with Gasteiger partial charge in [-0.05, 0) is 54.9 Å². The van der Waals surface area contributed by atoms with Crippen molar-refractivity contribution >= 4 is 51.7 Å². The second-order valence-corrected chi connectivity index (χ2v) is 9.57. The molecule has 2 N–H and O–H groups in total. The number of nitrogens with zero attached hydrogens (tertiary/aromatic N) is 5. The summed E-state index contributed by atoms with van der Waals surface area (Å²) in [5.41, 5.74) is 3.92. The van der Waals surface area contributed by atoms with Crippen molar-refractivity contribution in [2.24, 2.45) is 5.92 Å². The van der Waals surface area contributed by atoms with E-state index in [2.05, 4.69) is 20.5 Å². The molecule has 1 aliphatic heterocycles. The second-order valence-electron chi connectivity index (χ2n) is 8.53. The Morgan fingerprint density at radius 1 is 1.26 bits per heavy atom. The molecule has 3 aromatic heterocycles. The average Bonchev–Trinajstić information content (AvgIpc) is 3.68. The van der Waals surface area contributed by atoms with E-state index < -0.39 is 0 Å². The molecule has 0 radical (unpaired) electrons. The van der Waals surface area contributed by atoms with Crippen molar-refractivity contribution in [1.82, 2.24) is 24.9 Å². The lowest BCUT2D eigenvalue weighted by atomic mass is 10.1. The Morgan fingerprint density at radius 2 is 2.14 bits per heavy atom. The van der Waals surface area contributed by atoms with Crippen molar-refractivity contribution < 1.29 is 9.53 Å². The van der Waals surface area contributed by atoms with Gasteiger partial charge in [-0.1, -0.05) is 0 Å². The largest absolute Gasteiger partial charge is 0.489 e. The third kappa shape index (κ3) is 3.89. The highest BCUT2D eigenvalue weighted by Gasteiger charge is 2.36. The van der Waals surface area contributed by atoms with Crippen LogP contribution in [0.5, 0.6) is 5.75 Å². The van der Waals surface area contributed by atoms with E-state index in [9.17, 15) is 4.79 Å². The number of carbonyl (C=O) groups is 1. The van der Waals surface area contributed by atoms with Crippen molar-refractivity contribution in [1.29, 1.82) is 5.41 Å². The lowest BCUT2D eigenvalue weighted by Crippen LogP contribution is -2.39. The minimum absolute atomic E-state index is 0.140. The van der Waals surface area contributed by atoms with Gasteiger partial charge in [-0.15, -0.1) is 10.2 Å². The molecule has 0 saturated heterocycles. The molecular formula is C25H23N7O2S. The molecule has 4 heterocycles. The summed E-state index contributed by atoms with van der Waals surface area (Å²) in [7, 11) is 1.81. The second kappa shape index (κ2) is 8.70. The molecule has 9 nitrogen and oxygen atoms in total. The normalized spacial score (nSPS) is 15.7. The SMILES string of the molecule is CN/C=C(\C=N)c1ccc2nnc(Sc3ccc4ncc5c(c4c3)OCCN5C(=O)C3CC3)n2c1. The number of ether oxygens (including phenoxy) is 1. The van der Waals surface area contributed by atoms with Gasteiger partial charge in [0.15, 0.2) is 16.6 Å². The highest BCUT2D eigenvalue weighted by Crippen LogP contribution is 2.42. The molecule has 4 aromatic rings. The molecule has 1 fully saturated rings. The summed E-state index contributed by atoms with van der Waals surface area (Å²) in [5.74, 6) is 1.02. The molecule has 2 aliphatic rings. The standard InChI is InChI=1S/C25H23N7O2S/c1-27-12-17(11-26)16-4-7-22-29-30-25(32(22)14-16)35-18-5-6-20-19(10-18)23-21(13-28-20)31(8-9-34-23)24(33)15-2-3-15/h4-7,10-15,26-27H,2-3,8-9H2,1H3/b17-12+,26-11?. The van der Waals surface area contributed by atoms with Crippen LogP contribution in [0.3, 0.4) is 0 Å². The van der Waals surface area contributed by atoms with E-state index in [4.69, 9.17) is 10.1 Å². The monoisotopic (exact) mass is 485 g/mol. The molecule has 10 heteroatoms. The molecule has 6 rings (SSSR count). The third-order valence-corrected chi connectivity index (χ3v) is 7.14. The van der Waals surface area contributed by atoms with Crippen LogP contribution in [0.1, 0.15) is 18.4 Å². The minimum Gasteiger partial charge on any atom is -0.489 e. The van der Waals surface area contributed by atoms with Crippen LogP contribution >= 0.6 is 11.8 Å². The molecule has 1 amide bonds. The van der Waals surface area contributed by atoms with Crippen LogP contribution in [0.25, 0.3) is 22.1 Å². The van der Waals surface area contributed by atoms with Crippen LogP contribution in [0, 0.1) is 11.3 Å². The molecule has 1 aromatic carbocycles. The first kappa shape index (κ1) is 21.6. The number of benzene rings is 1. The number of anilines is 1. The summed E-state index contributed by atoms with van der Waals surface area (Å²) in [6.45, 7) is 1.02. The molecule has 35 heavy (non-hydrogen) atoms. The van der Waals surface area contributed by atoms with Gasteiger partial charge >= 0.3 is 0 Å². The zero-order chi connectivity index (χ0) is 23.9. The highest BCUT2D eigenvalue weighted by molar-refractivity contribution is 7.99. The Balaban J connectivity index is 1.37. The van der Waals surface area contributed by atoms with E-state index in [1.54, 1.807) is 19.4 Å². The maximum atomic E-state index is 12.8. The summed E-state index contributed by atoms with van der Waals surface area (Å²) in [5, 5.41) is 20.9. The Labute approximate surface area is 205 Å². The molecule has 1 aliphatic carbocycles. The van der Waals surface area contributed by atoms with Gasteiger partial charge in [0.05, 0.1) is 18.3 Å². The van der Waals surface area contributed by atoms with Crippen molar-refractivity contribution in [3.63, 3.8) is 0 Å². The number of rotatable bonds is 6. The van der Waals surface area contributed by atoms with Crippen LogP contribution in [0.15, 0.2) is 59.0 Å². The number of nitrogens with one attached hydrogen (secondary N) is 2. The van der Waals surface area contributed by atoms with Crippen molar-refractivity contribution in [2.45, 2.75) is 22.9 Å². The van der Waals surface area contributed by atoms with Crippen LogP contribution in [0.2, 0.25) is 0 Å². The minimum atomic E-state index is 0.140. The van der Waals surface area contributed by atoms with Gasteiger partial charge < -0.3 is 20.4 Å². The van der Waals surface area contributed by atoms with Gasteiger partial charge in [0.1, 0.15) is 12.3 Å². The number of hydrogen-bond acceptors (Lipinski definition) is 8. The topological polar surface area (TPSA) is 108 Å². The number of amides is 1. The zero-order valence-corrected chi connectivity index (χ0v) is 19.9. The fourth-order valence-corrected chi connectivity index (χ4v) is 5.11. The molecule has 176 valence electrons. The Kier molecular flexibility index (Phi) is 5.37. The summed E-state index contributed by atoms with van der Waals surface area (Å²) >= 11 is 1.49. The molecule has 0 spiro atoms. The maximum absolute atomic E-state index is 12.8. The lowest BCUT2D eigenvalue weighted by Gasteiger charge is -2.30. The number of fused-ring (bicyclic) bond motifs is 4. The number of pyridine rings is 2. The van der Waals surface area contributed by atoms with Crippen molar-refractivity contribution in [3.05, 3.63) is 54.5 Å². The molecule has 0 unspecified atom stereocenters. The lowest BCUT2D eigenvalue weighted by molar-refractivity contribution is -0.120. The summed E-state index contributed by atoms with van der Waals surface area (Å²) in [6, 6.07) is 9.80. The first-order valence-corrected chi connectivity index (χ1v) is 12.3. The predicted molar refractivity (Wildman–Crippen MR) is 135 cm³/mol. The summed E-state index contributed by atoms with van der Waals surface area (Å²) in [4.78, 5) is 20.2. The number of aromatic nitrogens is 4. The molecular weight excluding hydrogens is 462 g/mol. The van der Waals surface area contributed by atoms with Crippen LogP contribution < -0.4 is 15.0 Å². The van der Waals surface area contributed by atoms with Crippen molar-refractivity contribution in [2.75, 3.05) is 25.1 Å². The predicted octanol–water partition coefficient (Wildman–Crippen LogP) is 3.77. The van der Waals surface area contributed by atoms with E-state index in [1.807, 2.05) is 45.8 Å². The van der Waals surface area contributed by atoms with Gasteiger partial charge in [0, 0.05) is 53.0 Å². The quantitative estimate of drug-likeness (QED) is 0.400. The van der Waals surface area contributed by atoms with Gasteiger partial charge in [0.25, 0.3) is 0 Å². The van der Waals surface area contributed by atoms with E-state index in [0.29, 0.717) is 24.1 Å².